The van der Waals surface area contributed by atoms with Crippen LogP contribution in [-0.2, 0) is 0 Å². The van der Waals surface area contributed by atoms with Gasteiger partial charge in [-0.25, -0.2) is 0 Å². The molecule has 2 fully saturated rings. The largest absolute Gasteiger partial charge is 0.326 e. The lowest BCUT2D eigenvalue weighted by molar-refractivity contribution is 0.0151. The zero-order valence-corrected chi connectivity index (χ0v) is 12.0. The zero-order chi connectivity index (χ0) is 12.5. The van der Waals surface area contributed by atoms with Gasteiger partial charge in [0.05, 0.1) is 0 Å². The van der Waals surface area contributed by atoms with Crippen molar-refractivity contribution >= 4 is 0 Å². The average molecular weight is 238 g/mol. The Labute approximate surface area is 107 Å². The van der Waals surface area contributed by atoms with Gasteiger partial charge in [0.2, 0.25) is 0 Å². The first-order chi connectivity index (χ1) is 7.97. The van der Waals surface area contributed by atoms with Gasteiger partial charge in [-0.1, -0.05) is 40.0 Å². The van der Waals surface area contributed by atoms with Gasteiger partial charge in [0, 0.05) is 11.6 Å². The van der Waals surface area contributed by atoms with Gasteiger partial charge >= 0.3 is 0 Å². The summed E-state index contributed by atoms with van der Waals surface area (Å²) in [4.78, 5) is 2.75. The van der Waals surface area contributed by atoms with Gasteiger partial charge < -0.3 is 5.73 Å². The molecule has 1 aliphatic heterocycles. The van der Waals surface area contributed by atoms with E-state index in [-0.39, 0.29) is 5.41 Å². The van der Waals surface area contributed by atoms with Crippen LogP contribution < -0.4 is 5.73 Å². The highest BCUT2D eigenvalue weighted by molar-refractivity contribution is 5.06. The van der Waals surface area contributed by atoms with Crippen LogP contribution in [-0.4, -0.2) is 29.6 Å². The molecular formula is C15H30N2. The summed E-state index contributed by atoms with van der Waals surface area (Å²) in [6.07, 6.45) is 9.56. The molecule has 1 saturated carbocycles. The summed E-state index contributed by atoms with van der Waals surface area (Å²) in [5, 5.41) is 0. The van der Waals surface area contributed by atoms with Crippen molar-refractivity contribution in [3.8, 4) is 0 Å². The predicted molar refractivity (Wildman–Crippen MR) is 74.1 cm³/mol. The fraction of sp³-hybridized carbons (Fsp3) is 1.00. The van der Waals surface area contributed by atoms with Crippen LogP contribution in [0.15, 0.2) is 0 Å². The summed E-state index contributed by atoms with van der Waals surface area (Å²) < 4.78 is 0. The zero-order valence-electron chi connectivity index (χ0n) is 12.0. The van der Waals surface area contributed by atoms with Crippen molar-refractivity contribution in [3.63, 3.8) is 0 Å². The Morgan fingerprint density at radius 1 is 0.941 bits per heavy atom. The minimum Gasteiger partial charge on any atom is -0.326 e. The normalized spacial score (nSPS) is 28.2. The average Bonchev–Trinajstić information content (AvgIpc) is 2.78. The van der Waals surface area contributed by atoms with Crippen molar-refractivity contribution in [2.24, 2.45) is 11.1 Å². The summed E-state index contributed by atoms with van der Waals surface area (Å²) in [6, 6.07) is 0.315. The van der Waals surface area contributed by atoms with E-state index < -0.39 is 0 Å². The Morgan fingerprint density at radius 2 is 1.47 bits per heavy atom. The standard InChI is InChI=1S/C15H30N2/c1-14(2,3)13(16)15(9-5-6-10-15)17-11-7-4-8-12-17/h13H,4-12,16H2,1-3H3. The molecule has 0 bridgehead atoms. The van der Waals surface area contributed by atoms with Crippen molar-refractivity contribution < 1.29 is 0 Å². The maximum absolute atomic E-state index is 6.68. The molecule has 1 aliphatic carbocycles. The molecule has 0 aromatic heterocycles. The Balaban J connectivity index is 2.19. The molecule has 0 amide bonds. The Morgan fingerprint density at radius 3 is 1.94 bits per heavy atom. The lowest BCUT2D eigenvalue weighted by atomic mass is 9.72. The molecule has 0 aromatic carbocycles. The van der Waals surface area contributed by atoms with Crippen molar-refractivity contribution in [1.82, 2.24) is 4.90 Å². The van der Waals surface area contributed by atoms with Crippen LogP contribution in [0.3, 0.4) is 0 Å². The molecule has 1 unspecified atom stereocenters. The van der Waals surface area contributed by atoms with E-state index >= 15 is 0 Å². The third-order valence-corrected chi connectivity index (χ3v) is 4.97. The second kappa shape index (κ2) is 4.89. The second-order valence-corrected chi connectivity index (χ2v) is 7.20. The summed E-state index contributed by atoms with van der Waals surface area (Å²) in [7, 11) is 0. The van der Waals surface area contributed by atoms with Crippen molar-refractivity contribution in [3.05, 3.63) is 0 Å². The first-order valence-corrected chi connectivity index (χ1v) is 7.47. The number of hydrogen-bond acceptors (Lipinski definition) is 2. The molecule has 2 rings (SSSR count). The van der Waals surface area contributed by atoms with Crippen molar-refractivity contribution in [2.75, 3.05) is 13.1 Å². The molecule has 1 heterocycles. The molecule has 1 saturated heterocycles. The molecular weight excluding hydrogens is 208 g/mol. The lowest BCUT2D eigenvalue weighted by Crippen LogP contribution is -2.63. The number of rotatable bonds is 2. The first-order valence-electron chi connectivity index (χ1n) is 7.47. The van der Waals surface area contributed by atoms with E-state index in [9.17, 15) is 0 Å². The minimum absolute atomic E-state index is 0.224. The topological polar surface area (TPSA) is 29.3 Å². The Bertz CT molecular complexity index is 242. The summed E-state index contributed by atoms with van der Waals surface area (Å²) >= 11 is 0. The van der Waals surface area contributed by atoms with Crippen LogP contribution in [0, 0.1) is 5.41 Å². The molecule has 0 radical (unpaired) electrons. The van der Waals surface area contributed by atoms with Gasteiger partial charge in [0.25, 0.3) is 0 Å². The highest BCUT2D eigenvalue weighted by Crippen LogP contribution is 2.43. The van der Waals surface area contributed by atoms with Crippen LogP contribution in [0.2, 0.25) is 0 Å². The molecule has 0 aromatic rings. The molecule has 1 atom stereocenters. The van der Waals surface area contributed by atoms with Gasteiger partial charge in [0.15, 0.2) is 0 Å². The fourth-order valence-corrected chi connectivity index (χ4v) is 3.96. The highest BCUT2D eigenvalue weighted by Gasteiger charge is 2.48. The van der Waals surface area contributed by atoms with Crippen molar-refractivity contribution in [2.45, 2.75) is 77.3 Å². The molecule has 2 heteroatoms. The SMILES string of the molecule is CC(C)(C)C(N)C1(N2CCCCC2)CCCC1. The van der Waals surface area contributed by atoms with Gasteiger partial charge in [-0.05, 0) is 44.2 Å². The fourth-order valence-electron chi connectivity index (χ4n) is 3.96. The van der Waals surface area contributed by atoms with Crippen LogP contribution in [0.4, 0.5) is 0 Å². The van der Waals surface area contributed by atoms with Crippen LogP contribution in [0.1, 0.15) is 65.7 Å². The third-order valence-electron chi connectivity index (χ3n) is 4.97. The summed E-state index contributed by atoms with van der Waals surface area (Å²) in [5.74, 6) is 0. The number of likely N-dealkylation sites (tertiary alicyclic amines) is 1. The predicted octanol–water partition coefficient (Wildman–Crippen LogP) is 3.16. The van der Waals surface area contributed by atoms with Crippen molar-refractivity contribution in [1.29, 1.82) is 0 Å². The lowest BCUT2D eigenvalue weighted by Gasteiger charge is -2.51. The van der Waals surface area contributed by atoms with Crippen LogP contribution in [0.5, 0.6) is 0 Å². The molecule has 2 N–H and O–H groups in total. The molecule has 0 spiro atoms. The Hall–Kier alpha value is -0.0800. The monoisotopic (exact) mass is 238 g/mol. The van der Waals surface area contributed by atoms with E-state index in [0.717, 1.165) is 0 Å². The number of piperidine rings is 1. The highest BCUT2D eigenvalue weighted by atomic mass is 15.2. The van der Waals surface area contributed by atoms with E-state index in [2.05, 4.69) is 25.7 Å². The quantitative estimate of drug-likeness (QED) is 0.800. The van der Waals surface area contributed by atoms with E-state index in [1.54, 1.807) is 0 Å². The van der Waals surface area contributed by atoms with E-state index in [1.165, 1.54) is 58.0 Å². The molecule has 2 aliphatic rings. The molecule has 17 heavy (non-hydrogen) atoms. The molecule has 100 valence electrons. The maximum Gasteiger partial charge on any atom is 0.0365 e. The van der Waals surface area contributed by atoms with Gasteiger partial charge in [-0.3, -0.25) is 4.90 Å². The number of nitrogens with two attached hydrogens (primary N) is 1. The minimum atomic E-state index is 0.224. The number of hydrogen-bond donors (Lipinski definition) is 1. The smallest absolute Gasteiger partial charge is 0.0365 e. The van der Waals surface area contributed by atoms with Crippen LogP contribution >= 0.6 is 0 Å². The van der Waals surface area contributed by atoms with Gasteiger partial charge in [-0.15, -0.1) is 0 Å². The van der Waals surface area contributed by atoms with Crippen LogP contribution in [0.25, 0.3) is 0 Å². The van der Waals surface area contributed by atoms with Gasteiger partial charge in [-0.2, -0.15) is 0 Å². The van der Waals surface area contributed by atoms with E-state index in [1.807, 2.05) is 0 Å². The number of nitrogens with zero attached hydrogens (tertiary/aromatic N) is 1. The van der Waals surface area contributed by atoms with E-state index in [4.69, 9.17) is 5.73 Å². The maximum atomic E-state index is 6.68. The first kappa shape index (κ1) is 13.4. The summed E-state index contributed by atoms with van der Waals surface area (Å²) in [5.41, 5.74) is 7.22. The summed E-state index contributed by atoms with van der Waals surface area (Å²) in [6.45, 7) is 9.48. The second-order valence-electron chi connectivity index (χ2n) is 7.20. The Kier molecular flexibility index (Phi) is 3.84. The molecule has 2 nitrogen and oxygen atoms in total. The van der Waals surface area contributed by atoms with Gasteiger partial charge in [0.1, 0.15) is 0 Å². The van der Waals surface area contributed by atoms with E-state index in [0.29, 0.717) is 11.6 Å². The third kappa shape index (κ3) is 2.53.